The van der Waals surface area contributed by atoms with Crippen molar-refractivity contribution in [3.05, 3.63) is 53.6 Å². The molecule has 0 bridgehead atoms. The quantitative estimate of drug-likeness (QED) is 0.805. The molecule has 0 spiro atoms. The number of hydrogen-bond acceptors (Lipinski definition) is 5. The molecule has 0 saturated carbocycles. The third-order valence-electron chi connectivity index (χ3n) is 4.95. The topological polar surface area (TPSA) is 59.1 Å². The van der Waals surface area contributed by atoms with Crippen LogP contribution >= 0.6 is 0 Å². The molecule has 0 aromatic heterocycles. The molecule has 0 unspecified atom stereocenters. The van der Waals surface area contributed by atoms with Crippen molar-refractivity contribution in [3.8, 4) is 11.5 Å². The highest BCUT2D eigenvalue weighted by Gasteiger charge is 2.27. The molecule has 27 heavy (non-hydrogen) atoms. The van der Waals surface area contributed by atoms with Crippen LogP contribution in [-0.4, -0.2) is 52.1 Å². The van der Waals surface area contributed by atoms with E-state index in [1.807, 2.05) is 49.4 Å². The van der Waals surface area contributed by atoms with Crippen molar-refractivity contribution >= 4 is 15.7 Å². The molecule has 7 heteroatoms. The van der Waals surface area contributed by atoms with Gasteiger partial charge in [0.05, 0.1) is 5.75 Å². The summed E-state index contributed by atoms with van der Waals surface area (Å²) in [5.41, 5.74) is 2.95. The van der Waals surface area contributed by atoms with Gasteiger partial charge < -0.3 is 14.4 Å². The Morgan fingerprint density at radius 2 is 1.67 bits per heavy atom. The molecule has 0 amide bonds. The number of piperazine rings is 1. The number of benzene rings is 2. The zero-order valence-electron chi connectivity index (χ0n) is 15.4. The Bertz CT molecular complexity index is 921. The summed E-state index contributed by atoms with van der Waals surface area (Å²) < 4.78 is 38.4. The van der Waals surface area contributed by atoms with E-state index in [2.05, 4.69) is 4.90 Å². The first-order valence-electron chi connectivity index (χ1n) is 9.19. The van der Waals surface area contributed by atoms with Gasteiger partial charge in [0.2, 0.25) is 10.0 Å². The fourth-order valence-electron chi connectivity index (χ4n) is 3.56. The average Bonchev–Trinajstić information content (AvgIpc) is 2.67. The van der Waals surface area contributed by atoms with Crippen LogP contribution in [0.4, 0.5) is 5.69 Å². The SMILES string of the molecule is Cc1cccc(CS(=O)(=O)N2CCN(c3ccc4c(c3)OCCO4)CC2)c1. The number of anilines is 1. The third-order valence-corrected chi connectivity index (χ3v) is 6.80. The number of aryl methyl sites for hydroxylation is 1. The molecule has 2 aromatic carbocycles. The second-order valence-corrected chi connectivity index (χ2v) is 8.93. The van der Waals surface area contributed by atoms with E-state index < -0.39 is 10.0 Å². The van der Waals surface area contributed by atoms with Crippen LogP contribution in [0.15, 0.2) is 42.5 Å². The summed E-state index contributed by atoms with van der Waals surface area (Å²) in [5.74, 6) is 1.58. The van der Waals surface area contributed by atoms with Gasteiger partial charge in [-0.25, -0.2) is 8.42 Å². The molecule has 1 saturated heterocycles. The Hall–Kier alpha value is -2.25. The summed E-state index contributed by atoms with van der Waals surface area (Å²) in [7, 11) is -3.31. The van der Waals surface area contributed by atoms with E-state index in [4.69, 9.17) is 9.47 Å². The van der Waals surface area contributed by atoms with Gasteiger partial charge in [0, 0.05) is 37.9 Å². The summed E-state index contributed by atoms with van der Waals surface area (Å²) >= 11 is 0. The van der Waals surface area contributed by atoms with Gasteiger partial charge in [0.15, 0.2) is 11.5 Å². The number of hydrogen-bond donors (Lipinski definition) is 0. The average molecular weight is 388 g/mol. The molecule has 0 radical (unpaired) electrons. The highest BCUT2D eigenvalue weighted by atomic mass is 32.2. The number of ether oxygens (including phenoxy) is 2. The minimum absolute atomic E-state index is 0.0543. The van der Waals surface area contributed by atoms with E-state index >= 15 is 0 Å². The summed E-state index contributed by atoms with van der Waals surface area (Å²) in [5, 5.41) is 0. The Morgan fingerprint density at radius 1 is 0.926 bits per heavy atom. The molecule has 0 N–H and O–H groups in total. The van der Waals surface area contributed by atoms with Gasteiger partial charge in [0.1, 0.15) is 13.2 Å². The first-order chi connectivity index (χ1) is 13.0. The van der Waals surface area contributed by atoms with Crippen LogP contribution in [0.5, 0.6) is 11.5 Å². The lowest BCUT2D eigenvalue weighted by molar-refractivity contribution is 0.171. The molecule has 2 aromatic rings. The van der Waals surface area contributed by atoms with Crippen molar-refractivity contribution < 1.29 is 17.9 Å². The predicted molar refractivity (Wildman–Crippen MR) is 105 cm³/mol. The second-order valence-electron chi connectivity index (χ2n) is 6.96. The smallest absolute Gasteiger partial charge is 0.218 e. The Balaban J connectivity index is 1.41. The number of rotatable bonds is 4. The van der Waals surface area contributed by atoms with Crippen molar-refractivity contribution in [2.45, 2.75) is 12.7 Å². The van der Waals surface area contributed by atoms with Gasteiger partial charge in [-0.05, 0) is 24.6 Å². The maximum Gasteiger partial charge on any atom is 0.218 e. The van der Waals surface area contributed by atoms with Gasteiger partial charge in [-0.1, -0.05) is 29.8 Å². The van der Waals surface area contributed by atoms with Gasteiger partial charge in [-0.3, -0.25) is 0 Å². The van der Waals surface area contributed by atoms with Gasteiger partial charge in [-0.2, -0.15) is 4.31 Å². The van der Waals surface area contributed by atoms with Gasteiger partial charge >= 0.3 is 0 Å². The van der Waals surface area contributed by atoms with Crippen molar-refractivity contribution in [2.24, 2.45) is 0 Å². The van der Waals surface area contributed by atoms with E-state index in [1.54, 1.807) is 4.31 Å². The van der Waals surface area contributed by atoms with E-state index in [-0.39, 0.29) is 5.75 Å². The molecule has 0 atom stereocenters. The summed E-state index contributed by atoms with van der Waals surface area (Å²) in [6, 6.07) is 13.6. The number of sulfonamides is 1. The van der Waals surface area contributed by atoms with Crippen LogP contribution in [0.25, 0.3) is 0 Å². The lowest BCUT2D eigenvalue weighted by Crippen LogP contribution is -2.49. The lowest BCUT2D eigenvalue weighted by Gasteiger charge is -2.35. The molecule has 2 aliphatic heterocycles. The maximum absolute atomic E-state index is 12.8. The minimum Gasteiger partial charge on any atom is -0.486 e. The molecular weight excluding hydrogens is 364 g/mol. The van der Waals surface area contributed by atoms with Crippen molar-refractivity contribution in [2.75, 3.05) is 44.3 Å². The minimum atomic E-state index is -3.31. The van der Waals surface area contributed by atoms with E-state index in [1.165, 1.54) is 0 Å². The number of fused-ring (bicyclic) bond motifs is 1. The molecule has 2 aliphatic rings. The zero-order chi connectivity index (χ0) is 18.9. The summed E-state index contributed by atoms with van der Waals surface area (Å²) in [6.45, 7) is 5.40. The van der Waals surface area contributed by atoms with Crippen LogP contribution in [0.2, 0.25) is 0 Å². The molecule has 6 nitrogen and oxygen atoms in total. The second kappa shape index (κ2) is 7.40. The highest BCUT2D eigenvalue weighted by Crippen LogP contribution is 2.34. The fraction of sp³-hybridized carbons (Fsp3) is 0.400. The number of nitrogens with zero attached hydrogens (tertiary/aromatic N) is 2. The summed E-state index contributed by atoms with van der Waals surface area (Å²) in [6.07, 6.45) is 0. The molecule has 144 valence electrons. The largest absolute Gasteiger partial charge is 0.486 e. The first-order valence-corrected chi connectivity index (χ1v) is 10.8. The zero-order valence-corrected chi connectivity index (χ0v) is 16.2. The van der Waals surface area contributed by atoms with Crippen molar-refractivity contribution in [1.82, 2.24) is 4.31 Å². The molecule has 0 aliphatic carbocycles. The van der Waals surface area contributed by atoms with Crippen molar-refractivity contribution in [3.63, 3.8) is 0 Å². The van der Waals surface area contributed by atoms with E-state index in [0.29, 0.717) is 39.4 Å². The van der Waals surface area contributed by atoms with Crippen molar-refractivity contribution in [1.29, 1.82) is 0 Å². The van der Waals surface area contributed by atoms with Gasteiger partial charge in [-0.15, -0.1) is 0 Å². The molecule has 2 heterocycles. The normalized spacial score (nSPS) is 17.7. The Kier molecular flexibility index (Phi) is 4.97. The third kappa shape index (κ3) is 4.04. The lowest BCUT2D eigenvalue weighted by atomic mass is 10.2. The van der Waals surface area contributed by atoms with E-state index in [9.17, 15) is 8.42 Å². The molecule has 1 fully saturated rings. The van der Waals surface area contributed by atoms with Gasteiger partial charge in [0.25, 0.3) is 0 Å². The Morgan fingerprint density at radius 3 is 2.41 bits per heavy atom. The maximum atomic E-state index is 12.8. The fourth-order valence-corrected chi connectivity index (χ4v) is 5.06. The standard InChI is InChI=1S/C20H24N2O4S/c1-16-3-2-4-17(13-16)15-27(23,24)22-9-7-21(8-10-22)18-5-6-19-20(14-18)26-12-11-25-19/h2-6,13-14H,7-12,15H2,1H3. The van der Waals surface area contributed by atoms with Crippen LogP contribution in [-0.2, 0) is 15.8 Å². The Labute approximate surface area is 160 Å². The molecular formula is C20H24N2O4S. The van der Waals surface area contributed by atoms with Crippen LogP contribution in [0.1, 0.15) is 11.1 Å². The monoisotopic (exact) mass is 388 g/mol. The van der Waals surface area contributed by atoms with Crippen LogP contribution < -0.4 is 14.4 Å². The first kappa shape index (κ1) is 18.1. The summed E-state index contributed by atoms with van der Waals surface area (Å²) in [4.78, 5) is 2.19. The van der Waals surface area contributed by atoms with Crippen LogP contribution in [0, 0.1) is 6.92 Å². The van der Waals surface area contributed by atoms with Crippen LogP contribution in [0.3, 0.4) is 0 Å². The highest BCUT2D eigenvalue weighted by molar-refractivity contribution is 7.88. The van der Waals surface area contributed by atoms with E-state index in [0.717, 1.165) is 28.3 Å². The molecule has 4 rings (SSSR count). The predicted octanol–water partition coefficient (Wildman–Crippen LogP) is 2.42.